The predicted molar refractivity (Wildman–Crippen MR) is 62.7 cm³/mol. The molecule has 0 saturated carbocycles. The molecule has 0 unspecified atom stereocenters. The van der Waals surface area contributed by atoms with Crippen LogP contribution in [0.3, 0.4) is 0 Å². The molecular weight excluding hydrogens is 261 g/mol. The predicted octanol–water partition coefficient (Wildman–Crippen LogP) is 0.339. The number of hydrogen-bond acceptors (Lipinski definition) is 3. The van der Waals surface area contributed by atoms with Gasteiger partial charge in [-0.15, -0.1) is 0 Å². The third-order valence-corrected chi connectivity index (χ3v) is 2.67. The smallest absolute Gasteiger partial charge is 0.401 e. The number of benzene rings is 1. The van der Waals surface area contributed by atoms with Gasteiger partial charge in [0.05, 0.1) is 13.2 Å². The van der Waals surface area contributed by atoms with E-state index in [4.69, 9.17) is 19.6 Å². The van der Waals surface area contributed by atoms with Crippen LogP contribution in [-0.4, -0.2) is 33.5 Å². The van der Waals surface area contributed by atoms with Crippen molar-refractivity contribution in [3.63, 3.8) is 0 Å². The number of hydrogen-bond donors (Lipinski definition) is 4. The first-order chi connectivity index (χ1) is 8.38. The van der Waals surface area contributed by atoms with E-state index >= 15 is 0 Å². The summed E-state index contributed by atoms with van der Waals surface area (Å²) in [5.41, 5.74) is 0.845. The topological polar surface area (TPSA) is 116 Å². The maximum Gasteiger partial charge on any atom is 0.401 e. The number of nitrogens with one attached hydrogen (secondary N) is 1. The molecule has 0 fully saturated rings. The Balaban J connectivity index is 2.44. The fourth-order valence-corrected chi connectivity index (χ4v) is 1.83. The van der Waals surface area contributed by atoms with E-state index in [1.807, 2.05) is 6.07 Å². The van der Waals surface area contributed by atoms with Crippen molar-refractivity contribution < 1.29 is 29.0 Å². The van der Waals surface area contributed by atoms with Crippen LogP contribution >= 0.6 is 7.75 Å². The maximum atomic E-state index is 10.7. The van der Waals surface area contributed by atoms with Gasteiger partial charge >= 0.3 is 13.7 Å². The zero-order valence-corrected chi connectivity index (χ0v) is 10.3. The summed E-state index contributed by atoms with van der Waals surface area (Å²) in [6.07, 6.45) is 0. The number of aliphatic carboxylic acids is 1. The monoisotopic (exact) mass is 275 g/mol. The average Bonchev–Trinajstić information content (AvgIpc) is 2.27. The molecule has 1 atom stereocenters. The second kappa shape index (κ2) is 6.63. The number of ether oxygens (including phenoxy) is 1. The Labute approximate surface area is 104 Å². The molecule has 0 saturated heterocycles. The van der Waals surface area contributed by atoms with Gasteiger partial charge in [-0.05, 0) is 5.56 Å². The molecule has 0 bridgehead atoms. The molecule has 0 aromatic heterocycles. The molecule has 1 aromatic carbocycles. The third kappa shape index (κ3) is 5.90. The highest BCUT2D eigenvalue weighted by atomic mass is 31.2. The summed E-state index contributed by atoms with van der Waals surface area (Å²) in [5.74, 6) is -1.38. The van der Waals surface area contributed by atoms with Crippen LogP contribution < -0.4 is 5.09 Å². The minimum Gasteiger partial charge on any atom is -0.480 e. The summed E-state index contributed by atoms with van der Waals surface area (Å²) in [7, 11) is -4.60. The Morgan fingerprint density at radius 1 is 1.33 bits per heavy atom. The van der Waals surface area contributed by atoms with E-state index in [2.05, 4.69) is 0 Å². The van der Waals surface area contributed by atoms with Gasteiger partial charge in [0.25, 0.3) is 0 Å². The van der Waals surface area contributed by atoms with E-state index in [0.29, 0.717) is 0 Å². The number of carbonyl (C=O) groups is 1. The van der Waals surface area contributed by atoms with Crippen molar-refractivity contribution >= 4 is 13.7 Å². The number of carboxylic acid groups (broad SMARTS) is 1. The lowest BCUT2D eigenvalue weighted by atomic mass is 10.2. The summed E-state index contributed by atoms with van der Waals surface area (Å²) >= 11 is 0. The summed E-state index contributed by atoms with van der Waals surface area (Å²) in [6, 6.07) is 7.59. The first-order valence-electron chi connectivity index (χ1n) is 5.06. The molecule has 8 heteroatoms. The molecular formula is C10H14NO6P. The van der Waals surface area contributed by atoms with Crippen LogP contribution in [0.1, 0.15) is 5.56 Å². The Morgan fingerprint density at radius 3 is 2.44 bits per heavy atom. The minimum atomic E-state index is -4.60. The van der Waals surface area contributed by atoms with Crippen molar-refractivity contribution in [1.82, 2.24) is 5.09 Å². The first kappa shape index (κ1) is 14.8. The highest BCUT2D eigenvalue weighted by Gasteiger charge is 2.25. The maximum absolute atomic E-state index is 10.7. The second-order valence-corrected chi connectivity index (χ2v) is 4.91. The number of carboxylic acids is 1. The lowest BCUT2D eigenvalue weighted by molar-refractivity contribution is -0.140. The lowest BCUT2D eigenvalue weighted by Crippen LogP contribution is -2.38. The molecule has 0 aliphatic rings. The second-order valence-electron chi connectivity index (χ2n) is 3.56. The quantitative estimate of drug-likeness (QED) is 0.530. The van der Waals surface area contributed by atoms with Gasteiger partial charge in [-0.3, -0.25) is 4.79 Å². The van der Waals surface area contributed by atoms with Crippen molar-refractivity contribution in [3.8, 4) is 0 Å². The molecule has 1 aromatic rings. The van der Waals surface area contributed by atoms with Crippen LogP contribution in [0.15, 0.2) is 30.3 Å². The van der Waals surface area contributed by atoms with Gasteiger partial charge in [0.2, 0.25) is 0 Å². The Bertz CT molecular complexity index is 431. The van der Waals surface area contributed by atoms with Gasteiger partial charge in [-0.25, -0.2) is 9.65 Å². The fourth-order valence-electron chi connectivity index (χ4n) is 1.24. The van der Waals surface area contributed by atoms with E-state index in [0.717, 1.165) is 5.56 Å². The average molecular weight is 275 g/mol. The van der Waals surface area contributed by atoms with Gasteiger partial charge in [0, 0.05) is 0 Å². The zero-order valence-electron chi connectivity index (χ0n) is 9.39. The molecule has 18 heavy (non-hydrogen) atoms. The summed E-state index contributed by atoms with van der Waals surface area (Å²) < 4.78 is 15.7. The van der Waals surface area contributed by atoms with E-state index in [9.17, 15) is 9.36 Å². The zero-order chi connectivity index (χ0) is 13.6. The molecule has 7 nitrogen and oxygen atoms in total. The Hall–Kier alpha value is -1.24. The highest BCUT2D eigenvalue weighted by molar-refractivity contribution is 7.49. The molecule has 0 aliphatic carbocycles. The molecule has 0 radical (unpaired) electrons. The SMILES string of the molecule is O=C(O)[C@H](COCc1ccccc1)NP(=O)(O)O. The molecule has 100 valence electrons. The van der Waals surface area contributed by atoms with Gasteiger partial charge in [-0.2, -0.15) is 0 Å². The van der Waals surface area contributed by atoms with Crippen LogP contribution in [0.5, 0.6) is 0 Å². The highest BCUT2D eigenvalue weighted by Crippen LogP contribution is 2.29. The Morgan fingerprint density at radius 2 is 1.94 bits per heavy atom. The number of rotatable bonds is 7. The normalized spacial score (nSPS) is 13.2. The van der Waals surface area contributed by atoms with Crippen molar-refractivity contribution in [2.24, 2.45) is 0 Å². The van der Waals surface area contributed by atoms with E-state index < -0.39 is 19.8 Å². The molecule has 0 amide bonds. The van der Waals surface area contributed by atoms with Crippen molar-refractivity contribution in [1.29, 1.82) is 0 Å². The van der Waals surface area contributed by atoms with E-state index in [1.165, 1.54) is 0 Å². The van der Waals surface area contributed by atoms with Gasteiger partial charge in [-0.1, -0.05) is 30.3 Å². The minimum absolute atomic E-state index is 0.174. The van der Waals surface area contributed by atoms with E-state index in [1.54, 1.807) is 29.4 Å². The van der Waals surface area contributed by atoms with Gasteiger partial charge < -0.3 is 19.6 Å². The van der Waals surface area contributed by atoms with Gasteiger partial charge in [0.1, 0.15) is 6.04 Å². The van der Waals surface area contributed by atoms with Crippen LogP contribution in [0.2, 0.25) is 0 Å². The van der Waals surface area contributed by atoms with Crippen LogP contribution in [0.4, 0.5) is 0 Å². The van der Waals surface area contributed by atoms with Crippen molar-refractivity contribution in [2.45, 2.75) is 12.6 Å². The summed E-state index contributed by atoms with van der Waals surface area (Å²) in [5, 5.41) is 10.4. The van der Waals surface area contributed by atoms with Crippen LogP contribution in [-0.2, 0) is 20.7 Å². The van der Waals surface area contributed by atoms with Gasteiger partial charge in [0.15, 0.2) is 0 Å². The molecule has 0 spiro atoms. The van der Waals surface area contributed by atoms with Crippen LogP contribution in [0, 0.1) is 0 Å². The van der Waals surface area contributed by atoms with E-state index in [-0.39, 0.29) is 13.2 Å². The largest absolute Gasteiger partial charge is 0.480 e. The lowest BCUT2D eigenvalue weighted by Gasteiger charge is -2.15. The fraction of sp³-hybridized carbons (Fsp3) is 0.300. The Kier molecular flexibility index (Phi) is 5.46. The summed E-state index contributed by atoms with van der Waals surface area (Å²) in [6.45, 7) is -0.164. The summed E-state index contributed by atoms with van der Waals surface area (Å²) in [4.78, 5) is 28.0. The first-order valence-corrected chi connectivity index (χ1v) is 6.67. The standard InChI is InChI=1S/C10H14NO6P/c12-10(13)9(11-18(14,15)16)7-17-6-8-4-2-1-3-5-8/h1-5,9H,6-7H2,(H,12,13)(H3,11,14,15,16)/t9-/m0/s1. The molecule has 1 rings (SSSR count). The molecule has 0 heterocycles. The molecule has 0 aliphatic heterocycles. The van der Waals surface area contributed by atoms with Crippen molar-refractivity contribution in [3.05, 3.63) is 35.9 Å². The molecule has 4 N–H and O–H groups in total. The van der Waals surface area contributed by atoms with Crippen molar-refractivity contribution in [2.75, 3.05) is 6.61 Å². The third-order valence-electron chi connectivity index (χ3n) is 2.02. The van der Waals surface area contributed by atoms with Crippen LogP contribution in [0.25, 0.3) is 0 Å².